The van der Waals surface area contributed by atoms with Crippen molar-refractivity contribution in [1.82, 2.24) is 0 Å². The molecule has 0 aliphatic heterocycles. The normalized spacial score (nSPS) is 12.7. The first kappa shape index (κ1) is 15.1. The lowest BCUT2D eigenvalue weighted by atomic mass is 10.1. The van der Waals surface area contributed by atoms with E-state index in [0.717, 1.165) is 23.8 Å². The average molecular weight is 307 g/mol. The molecule has 108 valence electrons. The van der Waals surface area contributed by atoms with Gasteiger partial charge in [0.15, 0.2) is 15.1 Å². The largest absolute Gasteiger partial charge is 0.222 e. The number of halogens is 2. The highest BCUT2D eigenvalue weighted by Crippen LogP contribution is 2.30. The highest BCUT2D eigenvalue weighted by atomic mass is 32.2. The molecule has 6 heteroatoms. The van der Waals surface area contributed by atoms with E-state index in [-0.39, 0.29) is 4.90 Å². The Hall–Kier alpha value is -2.26. The summed E-state index contributed by atoms with van der Waals surface area (Å²) < 4.78 is 51.8. The van der Waals surface area contributed by atoms with Crippen LogP contribution in [0.15, 0.2) is 47.4 Å². The molecule has 0 aliphatic rings. The molecule has 1 atom stereocenters. The Morgan fingerprint density at radius 3 is 2.29 bits per heavy atom. The van der Waals surface area contributed by atoms with Crippen molar-refractivity contribution < 1.29 is 17.2 Å². The van der Waals surface area contributed by atoms with E-state index < -0.39 is 32.3 Å². The summed E-state index contributed by atoms with van der Waals surface area (Å²) >= 11 is 0. The quantitative estimate of drug-likeness (QED) is 0.874. The van der Waals surface area contributed by atoms with Gasteiger partial charge in [-0.15, -0.1) is 0 Å². The van der Waals surface area contributed by atoms with Crippen molar-refractivity contribution >= 4 is 9.84 Å². The van der Waals surface area contributed by atoms with Crippen LogP contribution in [-0.2, 0) is 9.84 Å². The van der Waals surface area contributed by atoms with E-state index in [1.165, 1.54) is 12.1 Å². The zero-order valence-corrected chi connectivity index (χ0v) is 11.9. The van der Waals surface area contributed by atoms with E-state index in [9.17, 15) is 17.2 Å². The van der Waals surface area contributed by atoms with E-state index in [1.54, 1.807) is 25.1 Å². The monoisotopic (exact) mass is 307 g/mol. The third-order valence-electron chi connectivity index (χ3n) is 3.02. The Balaban J connectivity index is 2.58. The van der Waals surface area contributed by atoms with Crippen LogP contribution in [0.1, 0.15) is 16.4 Å². The molecule has 0 aromatic heterocycles. The summed E-state index contributed by atoms with van der Waals surface area (Å²) in [5.41, 5.74) is 0.359. The highest BCUT2D eigenvalue weighted by Gasteiger charge is 2.31. The minimum atomic E-state index is -4.13. The summed E-state index contributed by atoms with van der Waals surface area (Å²) in [5.74, 6) is -1.73. The number of benzene rings is 2. The minimum Gasteiger partial charge on any atom is -0.222 e. The third-order valence-corrected chi connectivity index (χ3v) is 4.93. The number of hydrogen-bond acceptors (Lipinski definition) is 3. The van der Waals surface area contributed by atoms with E-state index in [2.05, 4.69) is 0 Å². The summed E-state index contributed by atoms with van der Waals surface area (Å²) in [5, 5.41) is 7.33. The van der Waals surface area contributed by atoms with Gasteiger partial charge >= 0.3 is 0 Å². The van der Waals surface area contributed by atoms with Crippen molar-refractivity contribution in [2.45, 2.75) is 17.1 Å². The summed E-state index contributed by atoms with van der Waals surface area (Å²) in [6.45, 7) is 1.78. The predicted octanol–water partition coefficient (Wildman–Crippen LogP) is 3.31. The van der Waals surface area contributed by atoms with Crippen LogP contribution in [0.25, 0.3) is 0 Å². The van der Waals surface area contributed by atoms with Crippen LogP contribution in [0.4, 0.5) is 8.78 Å². The average Bonchev–Trinajstić information content (AvgIpc) is 2.43. The molecule has 0 saturated heterocycles. The van der Waals surface area contributed by atoms with Crippen LogP contribution in [0, 0.1) is 29.9 Å². The molecule has 2 rings (SSSR count). The summed E-state index contributed by atoms with van der Waals surface area (Å²) in [6.07, 6.45) is 0. The van der Waals surface area contributed by atoms with E-state index in [4.69, 9.17) is 5.26 Å². The molecule has 0 heterocycles. The number of nitrogens with zero attached hydrogens (tertiary/aromatic N) is 1. The Kier molecular flexibility index (Phi) is 4.05. The van der Waals surface area contributed by atoms with Crippen molar-refractivity contribution in [3.8, 4) is 6.07 Å². The smallest absolute Gasteiger partial charge is 0.198 e. The van der Waals surface area contributed by atoms with Crippen LogP contribution >= 0.6 is 0 Å². The maximum absolute atomic E-state index is 13.7. The first-order valence-electron chi connectivity index (χ1n) is 6.01. The second-order valence-electron chi connectivity index (χ2n) is 4.53. The van der Waals surface area contributed by atoms with Gasteiger partial charge in [-0.3, -0.25) is 0 Å². The van der Waals surface area contributed by atoms with Gasteiger partial charge in [-0.1, -0.05) is 17.7 Å². The fourth-order valence-electron chi connectivity index (χ4n) is 1.89. The fourth-order valence-corrected chi connectivity index (χ4v) is 3.33. The van der Waals surface area contributed by atoms with Gasteiger partial charge in [-0.2, -0.15) is 5.26 Å². The van der Waals surface area contributed by atoms with E-state index in [0.29, 0.717) is 0 Å². The molecule has 0 aliphatic carbocycles. The zero-order valence-electron chi connectivity index (χ0n) is 11.0. The SMILES string of the molecule is Cc1ccc(S(=O)(=O)C(C#N)c2cc(F)ccc2F)cc1. The molecule has 0 spiro atoms. The summed E-state index contributed by atoms with van der Waals surface area (Å²) in [4.78, 5) is -0.108. The third kappa shape index (κ3) is 2.93. The number of sulfone groups is 1. The molecule has 0 amide bonds. The number of nitriles is 1. The van der Waals surface area contributed by atoms with Crippen molar-refractivity contribution in [3.63, 3.8) is 0 Å². The zero-order chi connectivity index (χ0) is 15.6. The maximum atomic E-state index is 13.7. The van der Waals surface area contributed by atoms with Crippen LogP contribution in [0.3, 0.4) is 0 Å². The van der Waals surface area contributed by atoms with Crippen molar-refractivity contribution in [2.75, 3.05) is 0 Å². The topological polar surface area (TPSA) is 57.9 Å². The molecule has 2 aromatic carbocycles. The van der Waals surface area contributed by atoms with Crippen LogP contribution in [0.5, 0.6) is 0 Å². The van der Waals surface area contributed by atoms with Gasteiger partial charge in [0.25, 0.3) is 0 Å². The van der Waals surface area contributed by atoms with Gasteiger partial charge in [0.2, 0.25) is 0 Å². The molecule has 21 heavy (non-hydrogen) atoms. The van der Waals surface area contributed by atoms with Crippen molar-refractivity contribution in [3.05, 3.63) is 65.2 Å². The van der Waals surface area contributed by atoms with Gasteiger partial charge in [0, 0.05) is 5.56 Å². The Bertz CT molecular complexity index is 809. The lowest BCUT2D eigenvalue weighted by Crippen LogP contribution is -2.14. The van der Waals surface area contributed by atoms with Crippen molar-refractivity contribution in [2.24, 2.45) is 0 Å². The van der Waals surface area contributed by atoms with Gasteiger partial charge in [0.1, 0.15) is 11.6 Å². The Labute approximate surface area is 121 Å². The molecule has 0 bridgehead atoms. The standard InChI is InChI=1S/C15H11F2NO2S/c1-10-2-5-12(6-3-10)21(19,20)15(9-18)13-8-11(16)4-7-14(13)17/h2-8,15H,1H3. The molecular weight excluding hydrogens is 296 g/mol. The van der Waals surface area contributed by atoms with Gasteiger partial charge in [-0.25, -0.2) is 17.2 Å². The molecular formula is C15H11F2NO2S. The minimum absolute atomic E-state index is 0.108. The van der Waals surface area contributed by atoms with E-state index >= 15 is 0 Å². The summed E-state index contributed by atoms with van der Waals surface area (Å²) in [6, 6.07) is 9.77. The Morgan fingerprint density at radius 1 is 1.10 bits per heavy atom. The second kappa shape index (κ2) is 5.62. The molecule has 0 saturated carbocycles. The first-order chi connectivity index (χ1) is 9.86. The number of hydrogen-bond donors (Lipinski definition) is 0. The van der Waals surface area contributed by atoms with E-state index in [1.807, 2.05) is 0 Å². The van der Waals surface area contributed by atoms with Crippen LogP contribution in [-0.4, -0.2) is 8.42 Å². The Morgan fingerprint density at radius 2 is 1.71 bits per heavy atom. The van der Waals surface area contributed by atoms with Gasteiger partial charge in [0.05, 0.1) is 11.0 Å². The molecule has 3 nitrogen and oxygen atoms in total. The van der Waals surface area contributed by atoms with Crippen LogP contribution in [0.2, 0.25) is 0 Å². The molecule has 0 radical (unpaired) electrons. The lowest BCUT2D eigenvalue weighted by molar-refractivity contribution is 0.572. The number of aryl methyl sites for hydroxylation is 1. The van der Waals surface area contributed by atoms with Crippen molar-refractivity contribution in [1.29, 1.82) is 5.26 Å². The second-order valence-corrected chi connectivity index (χ2v) is 6.57. The molecule has 0 N–H and O–H groups in total. The van der Waals surface area contributed by atoms with Gasteiger partial charge < -0.3 is 0 Å². The fraction of sp³-hybridized carbons (Fsp3) is 0.133. The molecule has 2 aromatic rings. The van der Waals surface area contributed by atoms with Gasteiger partial charge in [-0.05, 0) is 37.3 Å². The predicted molar refractivity (Wildman–Crippen MR) is 73.1 cm³/mol. The maximum Gasteiger partial charge on any atom is 0.198 e. The number of rotatable bonds is 3. The molecule has 1 unspecified atom stereocenters. The van der Waals surface area contributed by atoms with Crippen LogP contribution < -0.4 is 0 Å². The first-order valence-corrected chi connectivity index (χ1v) is 7.56. The molecule has 0 fully saturated rings. The lowest BCUT2D eigenvalue weighted by Gasteiger charge is -2.12. The summed E-state index contributed by atoms with van der Waals surface area (Å²) in [7, 11) is -4.13. The highest BCUT2D eigenvalue weighted by molar-refractivity contribution is 7.92.